The molecule has 5 nitrogen and oxygen atoms in total. The van der Waals surface area contributed by atoms with E-state index in [1.165, 1.54) is 25.4 Å². The molecule has 4 rings (SSSR count). The molecule has 29 heavy (non-hydrogen) atoms. The standard InChI is InChI=1S/C21H17F3N4O/c1-29-21-18(23)6-12(9-27-21)2-4-16-5-3-13(19(24)28-16)7-14-10-25-20-17(14)8-15(22)11-26-20/h3,5-6,8-11H,2,4,7H2,1H3,(H,25,26). The number of nitrogens with zero attached hydrogens (tertiary/aromatic N) is 3. The second-order valence-corrected chi connectivity index (χ2v) is 6.63. The average Bonchev–Trinajstić information content (AvgIpc) is 3.10. The highest BCUT2D eigenvalue weighted by atomic mass is 19.1. The van der Waals surface area contributed by atoms with Crippen molar-refractivity contribution in [1.29, 1.82) is 0 Å². The summed E-state index contributed by atoms with van der Waals surface area (Å²) < 4.78 is 46.5. The third-order valence-electron chi connectivity index (χ3n) is 4.68. The predicted molar refractivity (Wildman–Crippen MR) is 101 cm³/mol. The molecule has 0 saturated heterocycles. The van der Waals surface area contributed by atoms with Gasteiger partial charge in [0.25, 0.3) is 0 Å². The van der Waals surface area contributed by atoms with Gasteiger partial charge in [-0.25, -0.2) is 23.7 Å². The van der Waals surface area contributed by atoms with Crippen LogP contribution in [0.5, 0.6) is 5.88 Å². The maximum atomic E-state index is 14.5. The van der Waals surface area contributed by atoms with Gasteiger partial charge in [0, 0.05) is 35.5 Å². The number of rotatable bonds is 6. The zero-order chi connectivity index (χ0) is 20.4. The van der Waals surface area contributed by atoms with E-state index in [-0.39, 0.29) is 12.3 Å². The van der Waals surface area contributed by atoms with E-state index in [0.717, 1.165) is 11.8 Å². The Labute approximate surface area is 164 Å². The number of hydrogen-bond acceptors (Lipinski definition) is 4. The van der Waals surface area contributed by atoms with Crippen LogP contribution in [0.4, 0.5) is 13.2 Å². The molecule has 0 unspecified atom stereocenters. The van der Waals surface area contributed by atoms with Crippen molar-refractivity contribution in [2.24, 2.45) is 0 Å². The number of methoxy groups -OCH3 is 1. The lowest BCUT2D eigenvalue weighted by Crippen LogP contribution is -2.02. The van der Waals surface area contributed by atoms with Crippen molar-refractivity contribution in [3.05, 3.63) is 82.8 Å². The molecule has 4 heterocycles. The molecule has 0 aliphatic heterocycles. The van der Waals surface area contributed by atoms with Gasteiger partial charge in [0.15, 0.2) is 5.82 Å². The van der Waals surface area contributed by atoms with Gasteiger partial charge in [-0.2, -0.15) is 4.39 Å². The first-order chi connectivity index (χ1) is 14.0. The first-order valence-electron chi connectivity index (χ1n) is 8.97. The number of H-pyrrole nitrogens is 1. The van der Waals surface area contributed by atoms with E-state index in [4.69, 9.17) is 4.74 Å². The van der Waals surface area contributed by atoms with E-state index >= 15 is 0 Å². The Balaban J connectivity index is 1.47. The van der Waals surface area contributed by atoms with E-state index < -0.39 is 17.6 Å². The zero-order valence-electron chi connectivity index (χ0n) is 15.5. The van der Waals surface area contributed by atoms with Gasteiger partial charge in [0.05, 0.1) is 13.3 Å². The monoisotopic (exact) mass is 398 g/mol. The third-order valence-corrected chi connectivity index (χ3v) is 4.68. The highest BCUT2D eigenvalue weighted by Gasteiger charge is 2.12. The van der Waals surface area contributed by atoms with Crippen molar-refractivity contribution < 1.29 is 17.9 Å². The minimum atomic E-state index is -0.583. The first-order valence-corrected chi connectivity index (χ1v) is 8.97. The van der Waals surface area contributed by atoms with E-state index in [9.17, 15) is 13.2 Å². The summed E-state index contributed by atoms with van der Waals surface area (Å²) in [6, 6.07) is 6.12. The Bertz CT molecular complexity index is 1180. The molecule has 148 valence electrons. The van der Waals surface area contributed by atoms with Crippen LogP contribution < -0.4 is 4.74 Å². The van der Waals surface area contributed by atoms with E-state index in [0.29, 0.717) is 40.7 Å². The van der Waals surface area contributed by atoms with Crippen LogP contribution >= 0.6 is 0 Å². The van der Waals surface area contributed by atoms with Gasteiger partial charge in [-0.05, 0) is 42.2 Å². The molecule has 0 atom stereocenters. The molecule has 0 aliphatic carbocycles. The summed E-state index contributed by atoms with van der Waals surface area (Å²) in [7, 11) is 1.35. The average molecular weight is 398 g/mol. The molecule has 0 aliphatic rings. The van der Waals surface area contributed by atoms with Gasteiger partial charge in [-0.3, -0.25) is 0 Å². The number of aromatic amines is 1. The molecule has 4 aromatic heterocycles. The number of aromatic nitrogens is 4. The van der Waals surface area contributed by atoms with Crippen LogP contribution in [0.1, 0.15) is 22.4 Å². The molecule has 0 bridgehead atoms. The molecule has 8 heteroatoms. The molecule has 0 fully saturated rings. The van der Waals surface area contributed by atoms with Crippen molar-refractivity contribution in [3.8, 4) is 5.88 Å². The summed E-state index contributed by atoms with van der Waals surface area (Å²) in [4.78, 5) is 14.8. The lowest BCUT2D eigenvalue weighted by molar-refractivity contribution is 0.368. The van der Waals surface area contributed by atoms with Crippen LogP contribution in [0.3, 0.4) is 0 Å². The fraction of sp³-hybridized carbons (Fsp3) is 0.190. The molecule has 0 radical (unpaired) electrons. The van der Waals surface area contributed by atoms with Crippen LogP contribution in [0.2, 0.25) is 0 Å². The van der Waals surface area contributed by atoms with Gasteiger partial charge < -0.3 is 9.72 Å². The number of hydrogen-bond donors (Lipinski definition) is 1. The fourth-order valence-corrected chi connectivity index (χ4v) is 3.18. The highest BCUT2D eigenvalue weighted by molar-refractivity contribution is 5.79. The summed E-state index contributed by atoms with van der Waals surface area (Å²) in [6.45, 7) is 0. The summed E-state index contributed by atoms with van der Waals surface area (Å²) in [5.41, 5.74) is 2.90. The van der Waals surface area contributed by atoms with Crippen LogP contribution in [0.15, 0.2) is 42.9 Å². The number of aryl methyl sites for hydroxylation is 2. The van der Waals surface area contributed by atoms with Crippen molar-refractivity contribution in [3.63, 3.8) is 0 Å². The summed E-state index contributed by atoms with van der Waals surface area (Å²) in [5, 5.41) is 0.613. The minimum absolute atomic E-state index is 0.0605. The molecule has 0 saturated carbocycles. The minimum Gasteiger partial charge on any atom is -0.479 e. The fourth-order valence-electron chi connectivity index (χ4n) is 3.18. The molecular weight excluding hydrogens is 381 g/mol. The lowest BCUT2D eigenvalue weighted by atomic mass is 10.0. The predicted octanol–water partition coefficient (Wildman–Crippen LogP) is 4.15. The second-order valence-electron chi connectivity index (χ2n) is 6.63. The van der Waals surface area contributed by atoms with Crippen LogP contribution in [-0.2, 0) is 19.3 Å². The number of halogens is 3. The quantitative estimate of drug-likeness (QED) is 0.496. The molecular formula is C21H17F3N4O. The summed E-state index contributed by atoms with van der Waals surface area (Å²) >= 11 is 0. The van der Waals surface area contributed by atoms with E-state index in [1.54, 1.807) is 18.3 Å². The summed E-state index contributed by atoms with van der Waals surface area (Å²) in [6.07, 6.45) is 5.51. The normalized spacial score (nSPS) is 11.2. The van der Waals surface area contributed by atoms with Gasteiger partial charge in [0.1, 0.15) is 11.5 Å². The van der Waals surface area contributed by atoms with E-state index in [2.05, 4.69) is 19.9 Å². The second kappa shape index (κ2) is 7.90. The van der Waals surface area contributed by atoms with Crippen molar-refractivity contribution >= 4 is 11.0 Å². The van der Waals surface area contributed by atoms with Gasteiger partial charge in [0.2, 0.25) is 11.8 Å². The van der Waals surface area contributed by atoms with Crippen LogP contribution in [0.25, 0.3) is 11.0 Å². The van der Waals surface area contributed by atoms with E-state index in [1.807, 2.05) is 0 Å². The highest BCUT2D eigenvalue weighted by Crippen LogP contribution is 2.22. The number of ether oxygens (including phenoxy) is 1. The number of nitrogens with one attached hydrogen (secondary N) is 1. The van der Waals surface area contributed by atoms with Crippen LogP contribution in [-0.4, -0.2) is 27.0 Å². The van der Waals surface area contributed by atoms with Crippen LogP contribution in [0, 0.1) is 17.6 Å². The Morgan fingerprint density at radius 3 is 2.62 bits per heavy atom. The summed E-state index contributed by atoms with van der Waals surface area (Å²) in [5.74, 6) is -1.63. The maximum absolute atomic E-state index is 14.5. The first kappa shape index (κ1) is 18.9. The Morgan fingerprint density at radius 1 is 1.00 bits per heavy atom. The van der Waals surface area contributed by atoms with Gasteiger partial charge in [-0.15, -0.1) is 0 Å². The van der Waals surface area contributed by atoms with Gasteiger partial charge >= 0.3 is 0 Å². The molecule has 0 spiro atoms. The molecule has 1 N–H and O–H groups in total. The third kappa shape index (κ3) is 4.06. The zero-order valence-corrected chi connectivity index (χ0v) is 15.5. The smallest absolute Gasteiger partial charge is 0.250 e. The molecule has 0 amide bonds. The Hall–Kier alpha value is -3.42. The maximum Gasteiger partial charge on any atom is 0.250 e. The Kier molecular flexibility index (Phi) is 5.16. The molecule has 0 aromatic carbocycles. The van der Waals surface area contributed by atoms with Crippen molar-refractivity contribution in [2.75, 3.05) is 7.11 Å². The van der Waals surface area contributed by atoms with Crippen molar-refractivity contribution in [2.45, 2.75) is 19.3 Å². The lowest BCUT2D eigenvalue weighted by Gasteiger charge is -2.07. The number of pyridine rings is 3. The largest absolute Gasteiger partial charge is 0.479 e. The topological polar surface area (TPSA) is 63.7 Å². The Morgan fingerprint density at radius 2 is 1.86 bits per heavy atom. The molecule has 4 aromatic rings. The number of fused-ring (bicyclic) bond motifs is 1. The van der Waals surface area contributed by atoms with Crippen molar-refractivity contribution in [1.82, 2.24) is 19.9 Å². The SMILES string of the molecule is COc1ncc(CCc2ccc(Cc3c[nH]c4ncc(F)cc34)c(F)n2)cc1F. The van der Waals surface area contributed by atoms with Gasteiger partial charge in [-0.1, -0.05) is 6.07 Å².